The van der Waals surface area contributed by atoms with Crippen LogP contribution in [-0.4, -0.2) is 32.2 Å². The van der Waals surface area contributed by atoms with Gasteiger partial charge in [-0.05, 0) is 47.7 Å². The fourth-order valence-corrected chi connectivity index (χ4v) is 3.83. The van der Waals surface area contributed by atoms with Crippen LogP contribution in [-0.2, 0) is 22.4 Å². The van der Waals surface area contributed by atoms with E-state index >= 15 is 0 Å². The molecule has 30 heavy (non-hydrogen) atoms. The average Bonchev–Trinajstić information content (AvgIpc) is 3.18. The zero-order valence-corrected chi connectivity index (χ0v) is 17.2. The Balaban J connectivity index is 1.51. The third-order valence-electron chi connectivity index (χ3n) is 5.37. The number of amides is 1. The topological polar surface area (TPSA) is 73.9 Å². The summed E-state index contributed by atoms with van der Waals surface area (Å²) in [6.07, 6.45) is 0.986. The Morgan fingerprint density at radius 1 is 0.933 bits per heavy atom. The van der Waals surface area contributed by atoms with Crippen molar-refractivity contribution in [3.8, 4) is 11.5 Å². The minimum atomic E-state index is -0.974. The van der Waals surface area contributed by atoms with E-state index in [1.165, 1.54) is 25.3 Å². The number of hydrogen-bond donors (Lipinski definition) is 1. The molecule has 0 aliphatic heterocycles. The van der Waals surface area contributed by atoms with Gasteiger partial charge in [0.1, 0.15) is 11.5 Å². The van der Waals surface area contributed by atoms with Crippen molar-refractivity contribution in [3.63, 3.8) is 0 Å². The predicted octanol–water partition coefficient (Wildman–Crippen LogP) is 4.14. The second-order valence-electron chi connectivity index (χ2n) is 7.25. The van der Waals surface area contributed by atoms with Gasteiger partial charge >= 0.3 is 5.97 Å². The van der Waals surface area contributed by atoms with Crippen molar-refractivity contribution in [3.05, 3.63) is 65.2 Å². The molecule has 0 bridgehead atoms. The number of benzene rings is 3. The maximum absolute atomic E-state index is 12.8. The highest BCUT2D eigenvalue weighted by atomic mass is 16.5. The first-order valence-electron chi connectivity index (χ1n) is 9.78. The molecule has 0 aromatic heterocycles. The number of ether oxygens (including phenoxy) is 3. The molecule has 1 atom stereocenters. The molecule has 0 fully saturated rings. The number of esters is 1. The van der Waals surface area contributed by atoms with Crippen LogP contribution in [0.2, 0.25) is 0 Å². The summed E-state index contributed by atoms with van der Waals surface area (Å²) >= 11 is 0. The molecule has 1 aliphatic rings. The molecular weight excluding hydrogens is 382 g/mol. The lowest BCUT2D eigenvalue weighted by Gasteiger charge is -2.16. The summed E-state index contributed by atoms with van der Waals surface area (Å²) in [4.78, 5) is 25.4. The Labute approximate surface area is 174 Å². The Morgan fingerprint density at radius 2 is 1.60 bits per heavy atom. The Morgan fingerprint density at radius 3 is 2.27 bits per heavy atom. The van der Waals surface area contributed by atoms with E-state index < -0.39 is 18.0 Å². The standard InChI is InChI=1S/C24H23NO5/c1-14(23(26)25-17-11-18(28-2)13-19(12-17)29-3)30-24(27)21-10-9-16-8-7-15-5-4-6-20(21)22(15)16/h4-6,9-14H,7-8H2,1-3H3,(H,25,26). The van der Waals surface area contributed by atoms with E-state index in [0.29, 0.717) is 22.7 Å². The maximum Gasteiger partial charge on any atom is 0.339 e. The summed E-state index contributed by atoms with van der Waals surface area (Å²) in [5.74, 6) is 0.130. The highest BCUT2D eigenvalue weighted by molar-refractivity contribution is 6.08. The molecule has 154 valence electrons. The fraction of sp³-hybridized carbons (Fsp3) is 0.250. The molecule has 3 aromatic rings. The Hall–Kier alpha value is -3.54. The molecule has 6 heteroatoms. The fourth-order valence-electron chi connectivity index (χ4n) is 3.83. The van der Waals surface area contributed by atoms with Crippen LogP contribution in [0.25, 0.3) is 10.8 Å². The van der Waals surface area contributed by atoms with Crippen molar-refractivity contribution in [2.75, 3.05) is 19.5 Å². The molecule has 0 saturated heterocycles. The van der Waals surface area contributed by atoms with Crippen LogP contribution in [0.15, 0.2) is 48.5 Å². The third-order valence-corrected chi connectivity index (χ3v) is 5.37. The van der Waals surface area contributed by atoms with Gasteiger partial charge in [0.2, 0.25) is 0 Å². The molecule has 1 N–H and O–H groups in total. The van der Waals surface area contributed by atoms with Gasteiger partial charge in [-0.1, -0.05) is 24.3 Å². The van der Waals surface area contributed by atoms with E-state index in [9.17, 15) is 9.59 Å². The van der Waals surface area contributed by atoms with Gasteiger partial charge in [0.15, 0.2) is 6.10 Å². The van der Waals surface area contributed by atoms with Crippen molar-refractivity contribution in [2.45, 2.75) is 25.9 Å². The van der Waals surface area contributed by atoms with Gasteiger partial charge in [-0.25, -0.2) is 4.79 Å². The van der Waals surface area contributed by atoms with Crippen LogP contribution >= 0.6 is 0 Å². The van der Waals surface area contributed by atoms with Crippen molar-refractivity contribution < 1.29 is 23.8 Å². The summed E-state index contributed by atoms with van der Waals surface area (Å²) in [6.45, 7) is 1.55. The number of methoxy groups -OCH3 is 2. The quantitative estimate of drug-likeness (QED) is 0.624. The monoisotopic (exact) mass is 405 g/mol. The first kappa shape index (κ1) is 19.8. The second kappa shape index (κ2) is 8.06. The summed E-state index contributed by atoms with van der Waals surface area (Å²) in [7, 11) is 3.06. The number of carbonyl (C=O) groups excluding carboxylic acids is 2. The first-order valence-corrected chi connectivity index (χ1v) is 9.78. The minimum absolute atomic E-state index is 0.440. The number of rotatable bonds is 6. The lowest BCUT2D eigenvalue weighted by Crippen LogP contribution is -2.30. The van der Waals surface area contributed by atoms with E-state index in [1.54, 1.807) is 31.2 Å². The SMILES string of the molecule is COc1cc(NC(=O)C(C)OC(=O)c2ccc3c4c(cccc24)CC3)cc(OC)c1. The maximum atomic E-state index is 12.8. The lowest BCUT2D eigenvalue weighted by molar-refractivity contribution is -0.123. The molecule has 0 saturated carbocycles. The van der Waals surface area contributed by atoms with Crippen LogP contribution < -0.4 is 14.8 Å². The number of hydrogen-bond acceptors (Lipinski definition) is 5. The number of nitrogens with one attached hydrogen (secondary N) is 1. The predicted molar refractivity (Wildman–Crippen MR) is 114 cm³/mol. The molecule has 0 heterocycles. The van der Waals surface area contributed by atoms with Crippen molar-refractivity contribution in [1.29, 1.82) is 0 Å². The first-order chi connectivity index (χ1) is 14.5. The highest BCUT2D eigenvalue weighted by Crippen LogP contribution is 2.33. The number of aryl methyl sites for hydroxylation is 2. The molecule has 4 rings (SSSR count). The van der Waals surface area contributed by atoms with E-state index in [0.717, 1.165) is 23.6 Å². The van der Waals surface area contributed by atoms with Gasteiger partial charge in [0, 0.05) is 23.9 Å². The van der Waals surface area contributed by atoms with Crippen molar-refractivity contribution in [1.82, 2.24) is 0 Å². The largest absolute Gasteiger partial charge is 0.497 e. The Kier molecular flexibility index (Phi) is 5.31. The lowest BCUT2D eigenvalue weighted by atomic mass is 10.00. The highest BCUT2D eigenvalue weighted by Gasteiger charge is 2.23. The molecule has 1 unspecified atom stereocenters. The van der Waals surface area contributed by atoms with Crippen LogP contribution in [0.3, 0.4) is 0 Å². The minimum Gasteiger partial charge on any atom is -0.497 e. The molecule has 0 radical (unpaired) electrons. The average molecular weight is 405 g/mol. The normalized spacial score (nSPS) is 13.0. The molecule has 1 aliphatic carbocycles. The van der Waals surface area contributed by atoms with E-state index in [1.807, 2.05) is 18.2 Å². The molecule has 6 nitrogen and oxygen atoms in total. The van der Waals surface area contributed by atoms with Gasteiger partial charge in [-0.2, -0.15) is 0 Å². The number of carbonyl (C=O) groups is 2. The van der Waals surface area contributed by atoms with Gasteiger partial charge < -0.3 is 19.5 Å². The molecule has 1 amide bonds. The summed E-state index contributed by atoms with van der Waals surface area (Å²) < 4.78 is 15.9. The van der Waals surface area contributed by atoms with Crippen LogP contribution in [0.4, 0.5) is 5.69 Å². The third kappa shape index (κ3) is 3.68. The van der Waals surface area contributed by atoms with Gasteiger partial charge in [-0.15, -0.1) is 0 Å². The summed E-state index contributed by atoms with van der Waals surface area (Å²) in [6, 6.07) is 14.8. The second-order valence-corrected chi connectivity index (χ2v) is 7.25. The zero-order valence-electron chi connectivity index (χ0n) is 17.2. The van der Waals surface area contributed by atoms with Crippen molar-refractivity contribution in [2.24, 2.45) is 0 Å². The zero-order chi connectivity index (χ0) is 21.3. The van der Waals surface area contributed by atoms with Gasteiger partial charge in [-0.3, -0.25) is 4.79 Å². The van der Waals surface area contributed by atoms with E-state index in [4.69, 9.17) is 14.2 Å². The molecule has 0 spiro atoms. The van der Waals surface area contributed by atoms with Crippen molar-refractivity contribution >= 4 is 28.3 Å². The van der Waals surface area contributed by atoms with Crippen LogP contribution in [0, 0.1) is 0 Å². The molecule has 3 aromatic carbocycles. The van der Waals surface area contributed by atoms with Crippen LogP contribution in [0.1, 0.15) is 28.4 Å². The molecular formula is C24H23NO5. The number of anilines is 1. The van der Waals surface area contributed by atoms with Gasteiger partial charge in [0.25, 0.3) is 5.91 Å². The van der Waals surface area contributed by atoms with E-state index in [-0.39, 0.29) is 0 Å². The summed E-state index contributed by atoms with van der Waals surface area (Å²) in [5.41, 5.74) is 3.45. The van der Waals surface area contributed by atoms with Gasteiger partial charge in [0.05, 0.1) is 19.8 Å². The summed E-state index contributed by atoms with van der Waals surface area (Å²) in [5, 5.41) is 4.74. The van der Waals surface area contributed by atoms with E-state index in [2.05, 4.69) is 11.4 Å². The Bertz CT molecular complexity index is 1110. The van der Waals surface area contributed by atoms with Crippen LogP contribution in [0.5, 0.6) is 11.5 Å². The smallest absolute Gasteiger partial charge is 0.339 e.